The highest BCUT2D eigenvalue weighted by Crippen LogP contribution is 2.24. The van der Waals surface area contributed by atoms with Crippen LogP contribution in [0.3, 0.4) is 0 Å². The summed E-state index contributed by atoms with van der Waals surface area (Å²) >= 11 is 0. The Balaban J connectivity index is 2.00. The zero-order chi connectivity index (χ0) is 22.4. The zero-order valence-electron chi connectivity index (χ0n) is 15.7. The van der Waals surface area contributed by atoms with E-state index in [9.17, 15) is 23.4 Å². The van der Waals surface area contributed by atoms with Gasteiger partial charge in [-0.2, -0.15) is 13.5 Å². The number of carboxylic acid groups (broad SMARTS) is 1. The summed E-state index contributed by atoms with van der Waals surface area (Å²) in [7, 11) is -4.52. The maximum absolute atomic E-state index is 12.0. The second kappa shape index (κ2) is 9.15. The number of benzene rings is 3. The predicted octanol–water partition coefficient (Wildman–Crippen LogP) is 1.93. The largest absolute Gasteiger partial charge is 0.871 e. The molecule has 2 N–H and O–H groups in total. The summed E-state index contributed by atoms with van der Waals surface area (Å²) in [4.78, 5) is 10.7. The highest BCUT2D eigenvalue weighted by Gasteiger charge is 2.11. The SMILES string of the molecule is O=C([O-])c1ccccc1N=NC(=NNc1cc(S(=O)(=O)O)ccc1[O-])c1ccccc1. The molecule has 0 bridgehead atoms. The molecular formula is C20H14N4O6S-2. The number of carbonyl (C=O) groups is 1. The summed E-state index contributed by atoms with van der Waals surface area (Å²) < 4.78 is 31.8. The Morgan fingerprint density at radius 1 is 0.968 bits per heavy atom. The lowest BCUT2D eigenvalue weighted by Gasteiger charge is -2.13. The van der Waals surface area contributed by atoms with Crippen LogP contribution in [0, 0.1) is 0 Å². The number of carboxylic acids is 1. The molecule has 3 aromatic rings. The maximum Gasteiger partial charge on any atom is 0.294 e. The molecule has 0 atom stereocenters. The van der Waals surface area contributed by atoms with E-state index in [4.69, 9.17) is 4.55 Å². The van der Waals surface area contributed by atoms with Gasteiger partial charge in [0.05, 0.1) is 16.6 Å². The lowest BCUT2D eigenvalue weighted by atomic mass is 10.2. The van der Waals surface area contributed by atoms with Gasteiger partial charge in [-0.05, 0) is 18.2 Å². The molecule has 0 saturated heterocycles. The zero-order valence-corrected chi connectivity index (χ0v) is 16.5. The molecule has 0 fully saturated rings. The minimum atomic E-state index is -4.52. The van der Waals surface area contributed by atoms with Crippen molar-refractivity contribution in [1.82, 2.24) is 0 Å². The quantitative estimate of drug-likeness (QED) is 0.195. The van der Waals surface area contributed by atoms with E-state index < -0.39 is 26.7 Å². The lowest BCUT2D eigenvalue weighted by Crippen LogP contribution is -2.22. The highest BCUT2D eigenvalue weighted by atomic mass is 32.2. The number of hydrazone groups is 1. The number of aromatic carboxylic acids is 1. The Labute approximate surface area is 177 Å². The van der Waals surface area contributed by atoms with Crippen molar-refractivity contribution in [1.29, 1.82) is 0 Å². The van der Waals surface area contributed by atoms with Gasteiger partial charge in [0.2, 0.25) is 5.84 Å². The molecule has 0 aliphatic rings. The molecule has 0 aliphatic heterocycles. The first-order chi connectivity index (χ1) is 14.8. The van der Waals surface area contributed by atoms with Crippen molar-refractivity contribution in [2.24, 2.45) is 15.3 Å². The number of hydrogen-bond acceptors (Lipinski definition) is 8. The number of amidine groups is 1. The second-order valence-electron chi connectivity index (χ2n) is 6.05. The first-order valence-electron chi connectivity index (χ1n) is 8.65. The van der Waals surface area contributed by atoms with Crippen molar-refractivity contribution in [3.63, 3.8) is 0 Å². The van der Waals surface area contributed by atoms with Crippen LogP contribution in [-0.2, 0) is 10.1 Å². The van der Waals surface area contributed by atoms with Gasteiger partial charge < -0.3 is 15.0 Å². The molecule has 0 spiro atoms. The second-order valence-corrected chi connectivity index (χ2v) is 7.47. The molecule has 10 nitrogen and oxygen atoms in total. The van der Waals surface area contributed by atoms with Gasteiger partial charge in [-0.1, -0.05) is 60.3 Å². The Kier molecular flexibility index (Phi) is 6.38. The molecule has 11 heteroatoms. The molecule has 31 heavy (non-hydrogen) atoms. The molecule has 0 heterocycles. The summed E-state index contributed by atoms with van der Waals surface area (Å²) in [5.41, 5.74) is 2.52. The van der Waals surface area contributed by atoms with Gasteiger partial charge in [0.1, 0.15) is 0 Å². The normalized spacial score (nSPS) is 12.1. The van der Waals surface area contributed by atoms with Crippen LogP contribution in [0.1, 0.15) is 15.9 Å². The average Bonchev–Trinajstić information content (AvgIpc) is 2.75. The van der Waals surface area contributed by atoms with E-state index in [0.717, 1.165) is 18.2 Å². The third kappa shape index (κ3) is 5.50. The molecule has 3 aromatic carbocycles. The van der Waals surface area contributed by atoms with Crippen molar-refractivity contribution >= 4 is 33.3 Å². The van der Waals surface area contributed by atoms with Crippen LogP contribution in [0.4, 0.5) is 11.4 Å². The van der Waals surface area contributed by atoms with Crippen LogP contribution in [-0.4, -0.2) is 24.8 Å². The minimum absolute atomic E-state index is 0.0228. The molecule has 0 amide bonds. The first kappa shape index (κ1) is 21.6. The van der Waals surface area contributed by atoms with Crippen LogP contribution in [0.15, 0.2) is 93.0 Å². The highest BCUT2D eigenvalue weighted by molar-refractivity contribution is 7.85. The van der Waals surface area contributed by atoms with E-state index in [1.54, 1.807) is 36.4 Å². The van der Waals surface area contributed by atoms with Gasteiger partial charge in [0, 0.05) is 16.8 Å². The van der Waals surface area contributed by atoms with Crippen molar-refractivity contribution in [2.75, 3.05) is 5.43 Å². The standard InChI is InChI=1S/C20H16N4O6S/c25-18-11-10-14(31(28,29)30)12-17(18)22-24-19(13-6-2-1-3-7-13)23-21-16-9-5-4-8-15(16)20(26)27/h1-12,22,25H,(H,26,27)(H,28,29,30)/p-2. The summed E-state index contributed by atoms with van der Waals surface area (Å²) in [5.74, 6) is -2.03. The van der Waals surface area contributed by atoms with Gasteiger partial charge in [-0.3, -0.25) is 9.98 Å². The van der Waals surface area contributed by atoms with E-state index in [2.05, 4.69) is 20.8 Å². The maximum atomic E-state index is 12.0. The molecule has 0 aromatic heterocycles. The van der Waals surface area contributed by atoms with Gasteiger partial charge in [-0.25, -0.2) is 0 Å². The van der Waals surface area contributed by atoms with Crippen LogP contribution in [0.25, 0.3) is 0 Å². The van der Waals surface area contributed by atoms with Crippen LogP contribution < -0.4 is 15.6 Å². The van der Waals surface area contributed by atoms with E-state index in [0.29, 0.717) is 5.56 Å². The number of nitrogens with zero attached hydrogens (tertiary/aromatic N) is 3. The van der Waals surface area contributed by atoms with Gasteiger partial charge in [-0.15, -0.1) is 10.2 Å². The fraction of sp³-hybridized carbons (Fsp3) is 0. The molecule has 0 saturated carbocycles. The van der Waals surface area contributed by atoms with Crippen LogP contribution >= 0.6 is 0 Å². The van der Waals surface area contributed by atoms with Crippen LogP contribution in [0.2, 0.25) is 0 Å². The third-order valence-corrected chi connectivity index (χ3v) is 4.79. The average molecular weight is 438 g/mol. The van der Waals surface area contributed by atoms with E-state index >= 15 is 0 Å². The molecule has 0 radical (unpaired) electrons. The van der Waals surface area contributed by atoms with E-state index in [1.807, 2.05) is 0 Å². The van der Waals surface area contributed by atoms with Gasteiger partial charge >= 0.3 is 0 Å². The Bertz CT molecular complexity index is 1270. The van der Waals surface area contributed by atoms with Crippen molar-refractivity contribution < 1.29 is 28.0 Å². The van der Waals surface area contributed by atoms with E-state index in [-0.39, 0.29) is 22.8 Å². The molecule has 0 aliphatic carbocycles. The predicted molar refractivity (Wildman–Crippen MR) is 108 cm³/mol. The number of nitrogens with one attached hydrogen (secondary N) is 1. The number of azo groups is 1. The summed E-state index contributed by atoms with van der Waals surface area (Å²) in [6.07, 6.45) is 0. The van der Waals surface area contributed by atoms with Crippen molar-refractivity contribution in [2.45, 2.75) is 4.90 Å². The summed E-state index contributed by atoms with van der Waals surface area (Å²) in [6.45, 7) is 0. The monoisotopic (exact) mass is 438 g/mol. The minimum Gasteiger partial charge on any atom is -0.871 e. The fourth-order valence-corrected chi connectivity index (χ4v) is 2.94. The summed E-state index contributed by atoms with van der Waals surface area (Å²) in [5, 5.41) is 35.1. The Morgan fingerprint density at radius 3 is 2.32 bits per heavy atom. The molecule has 3 rings (SSSR count). The van der Waals surface area contributed by atoms with E-state index in [1.165, 1.54) is 18.2 Å². The Hall–Kier alpha value is -4.09. The van der Waals surface area contributed by atoms with Gasteiger partial charge in [0.15, 0.2) is 0 Å². The number of hydrogen-bond donors (Lipinski definition) is 2. The van der Waals surface area contributed by atoms with Gasteiger partial charge in [0.25, 0.3) is 10.1 Å². The smallest absolute Gasteiger partial charge is 0.294 e. The number of anilines is 1. The number of rotatable bonds is 6. The number of carbonyl (C=O) groups excluding carboxylic acids is 1. The Morgan fingerprint density at radius 2 is 1.65 bits per heavy atom. The fourth-order valence-electron chi connectivity index (χ4n) is 2.44. The molecular weight excluding hydrogens is 424 g/mol. The topological polar surface area (TPSA) is 167 Å². The summed E-state index contributed by atoms with van der Waals surface area (Å²) in [6, 6.07) is 17.1. The first-order valence-corrected chi connectivity index (χ1v) is 10.1. The van der Waals surface area contributed by atoms with Crippen molar-refractivity contribution in [3.8, 4) is 5.75 Å². The molecule has 0 unspecified atom stereocenters. The van der Waals surface area contributed by atoms with Crippen molar-refractivity contribution in [3.05, 3.63) is 83.9 Å². The third-order valence-electron chi connectivity index (χ3n) is 3.94. The lowest BCUT2D eigenvalue weighted by molar-refractivity contribution is -0.267. The molecule has 158 valence electrons. The van der Waals surface area contributed by atoms with Crippen LogP contribution in [0.5, 0.6) is 5.75 Å².